The third-order valence-electron chi connectivity index (χ3n) is 5.59. The lowest BCUT2D eigenvalue weighted by Crippen LogP contribution is -2.59. The average Bonchev–Trinajstić information content (AvgIpc) is 2.79. The maximum Gasteiger partial charge on any atom is 0.0357 e. The lowest BCUT2D eigenvalue weighted by atomic mass is 9.69. The molecule has 1 aliphatic heterocycles. The lowest BCUT2D eigenvalue weighted by molar-refractivity contribution is 0.0138. The van der Waals surface area contributed by atoms with Gasteiger partial charge < -0.3 is 5.73 Å². The molecule has 17 heavy (non-hydrogen) atoms. The second kappa shape index (κ2) is 5.27. The first-order valence-electron chi connectivity index (χ1n) is 7.57. The van der Waals surface area contributed by atoms with Crippen molar-refractivity contribution in [3.63, 3.8) is 0 Å². The Kier molecular flexibility index (Phi) is 4.14. The molecular weight excluding hydrogens is 208 g/mol. The van der Waals surface area contributed by atoms with E-state index in [9.17, 15) is 0 Å². The van der Waals surface area contributed by atoms with E-state index in [1.807, 2.05) is 0 Å². The van der Waals surface area contributed by atoms with Crippen molar-refractivity contribution in [2.75, 3.05) is 19.6 Å². The SMILES string of the molecule is CCC1CCN(C2(CN)CCC(C)CC2C)C1. The average molecular weight is 238 g/mol. The van der Waals surface area contributed by atoms with Crippen LogP contribution in [0.15, 0.2) is 0 Å². The van der Waals surface area contributed by atoms with Gasteiger partial charge in [0.2, 0.25) is 0 Å². The van der Waals surface area contributed by atoms with E-state index in [0.29, 0.717) is 5.54 Å². The number of hydrogen-bond donors (Lipinski definition) is 1. The lowest BCUT2D eigenvalue weighted by Gasteiger charge is -2.50. The van der Waals surface area contributed by atoms with Crippen molar-refractivity contribution < 1.29 is 0 Å². The first-order valence-corrected chi connectivity index (χ1v) is 7.57. The summed E-state index contributed by atoms with van der Waals surface area (Å²) in [5.41, 5.74) is 6.53. The molecule has 1 heterocycles. The number of nitrogens with two attached hydrogens (primary N) is 1. The van der Waals surface area contributed by atoms with E-state index in [0.717, 1.165) is 24.3 Å². The molecule has 0 aromatic rings. The van der Waals surface area contributed by atoms with E-state index < -0.39 is 0 Å². The van der Waals surface area contributed by atoms with Crippen LogP contribution in [0.1, 0.15) is 52.9 Å². The Balaban J connectivity index is 2.09. The summed E-state index contributed by atoms with van der Waals surface area (Å²) in [6.45, 7) is 10.6. The molecule has 1 saturated carbocycles. The summed E-state index contributed by atoms with van der Waals surface area (Å²) in [6.07, 6.45) is 6.78. The molecule has 0 aromatic heterocycles. The Labute approximate surface area is 107 Å². The predicted molar refractivity (Wildman–Crippen MR) is 73.9 cm³/mol. The van der Waals surface area contributed by atoms with Crippen molar-refractivity contribution in [3.05, 3.63) is 0 Å². The maximum atomic E-state index is 6.20. The first kappa shape index (κ1) is 13.4. The van der Waals surface area contributed by atoms with Gasteiger partial charge in [-0.05, 0) is 50.0 Å². The highest BCUT2D eigenvalue weighted by Crippen LogP contribution is 2.42. The number of hydrogen-bond acceptors (Lipinski definition) is 2. The van der Waals surface area contributed by atoms with Crippen LogP contribution in [0.2, 0.25) is 0 Å². The summed E-state index contributed by atoms with van der Waals surface area (Å²) < 4.78 is 0. The van der Waals surface area contributed by atoms with Gasteiger partial charge in [-0.25, -0.2) is 0 Å². The standard InChI is InChI=1S/C15H30N2/c1-4-14-6-8-17(10-14)15(11-16)7-5-12(2)9-13(15)3/h12-14H,4-11,16H2,1-3H3. The summed E-state index contributed by atoms with van der Waals surface area (Å²) in [5.74, 6) is 2.59. The molecule has 0 radical (unpaired) electrons. The van der Waals surface area contributed by atoms with Crippen LogP contribution in [0.25, 0.3) is 0 Å². The normalized spacial score (nSPS) is 44.1. The molecule has 2 fully saturated rings. The van der Waals surface area contributed by atoms with Crippen LogP contribution in [-0.4, -0.2) is 30.1 Å². The molecule has 0 amide bonds. The topological polar surface area (TPSA) is 29.3 Å². The van der Waals surface area contributed by atoms with Gasteiger partial charge in [0, 0.05) is 18.6 Å². The third-order valence-corrected chi connectivity index (χ3v) is 5.59. The van der Waals surface area contributed by atoms with Crippen molar-refractivity contribution in [1.29, 1.82) is 0 Å². The van der Waals surface area contributed by atoms with Gasteiger partial charge in [0.15, 0.2) is 0 Å². The maximum absolute atomic E-state index is 6.20. The molecule has 0 bridgehead atoms. The van der Waals surface area contributed by atoms with Crippen molar-refractivity contribution in [3.8, 4) is 0 Å². The fourth-order valence-corrected chi connectivity index (χ4v) is 4.16. The second-order valence-electron chi connectivity index (χ2n) is 6.60. The summed E-state index contributed by atoms with van der Waals surface area (Å²) >= 11 is 0. The van der Waals surface area contributed by atoms with Gasteiger partial charge in [0.1, 0.15) is 0 Å². The van der Waals surface area contributed by atoms with Crippen molar-refractivity contribution in [1.82, 2.24) is 4.90 Å². The molecule has 2 rings (SSSR count). The Morgan fingerprint density at radius 2 is 2.06 bits per heavy atom. The largest absolute Gasteiger partial charge is 0.329 e. The van der Waals surface area contributed by atoms with E-state index in [1.54, 1.807) is 0 Å². The van der Waals surface area contributed by atoms with Gasteiger partial charge in [-0.15, -0.1) is 0 Å². The minimum absolute atomic E-state index is 0.330. The summed E-state index contributed by atoms with van der Waals surface area (Å²) in [5, 5.41) is 0. The number of likely N-dealkylation sites (tertiary alicyclic amines) is 1. The first-order chi connectivity index (χ1) is 8.12. The highest BCUT2D eigenvalue weighted by molar-refractivity contribution is 5.01. The Morgan fingerprint density at radius 1 is 1.29 bits per heavy atom. The van der Waals surface area contributed by atoms with Crippen LogP contribution in [0.5, 0.6) is 0 Å². The van der Waals surface area contributed by atoms with E-state index in [1.165, 1.54) is 45.2 Å². The van der Waals surface area contributed by atoms with Crippen LogP contribution in [-0.2, 0) is 0 Å². The zero-order chi connectivity index (χ0) is 12.5. The van der Waals surface area contributed by atoms with Gasteiger partial charge >= 0.3 is 0 Å². The van der Waals surface area contributed by atoms with Crippen LogP contribution in [0.4, 0.5) is 0 Å². The Bertz CT molecular complexity index is 253. The fraction of sp³-hybridized carbons (Fsp3) is 1.00. The number of nitrogens with zero attached hydrogens (tertiary/aromatic N) is 1. The number of rotatable bonds is 3. The summed E-state index contributed by atoms with van der Waals surface area (Å²) in [4.78, 5) is 2.75. The van der Waals surface area contributed by atoms with Crippen LogP contribution >= 0.6 is 0 Å². The molecule has 2 aliphatic rings. The molecular formula is C15H30N2. The quantitative estimate of drug-likeness (QED) is 0.819. The Morgan fingerprint density at radius 3 is 2.59 bits per heavy atom. The zero-order valence-corrected chi connectivity index (χ0v) is 11.9. The van der Waals surface area contributed by atoms with E-state index in [-0.39, 0.29) is 0 Å². The Hall–Kier alpha value is -0.0800. The molecule has 0 spiro atoms. The van der Waals surface area contributed by atoms with Crippen molar-refractivity contribution >= 4 is 0 Å². The molecule has 100 valence electrons. The van der Waals surface area contributed by atoms with E-state index in [2.05, 4.69) is 25.7 Å². The highest BCUT2D eigenvalue weighted by atomic mass is 15.2. The minimum atomic E-state index is 0.330. The molecule has 4 unspecified atom stereocenters. The van der Waals surface area contributed by atoms with Gasteiger partial charge in [-0.2, -0.15) is 0 Å². The smallest absolute Gasteiger partial charge is 0.0357 e. The van der Waals surface area contributed by atoms with Crippen molar-refractivity contribution in [2.45, 2.75) is 58.4 Å². The van der Waals surface area contributed by atoms with Gasteiger partial charge in [0.25, 0.3) is 0 Å². The predicted octanol–water partition coefficient (Wildman–Crippen LogP) is 2.87. The summed E-state index contributed by atoms with van der Waals surface area (Å²) in [7, 11) is 0. The minimum Gasteiger partial charge on any atom is -0.329 e. The third kappa shape index (κ3) is 2.39. The molecule has 2 nitrogen and oxygen atoms in total. The fourth-order valence-electron chi connectivity index (χ4n) is 4.16. The van der Waals surface area contributed by atoms with Gasteiger partial charge in [-0.3, -0.25) is 4.90 Å². The molecule has 0 aromatic carbocycles. The van der Waals surface area contributed by atoms with E-state index >= 15 is 0 Å². The van der Waals surface area contributed by atoms with Crippen LogP contribution in [0, 0.1) is 17.8 Å². The molecule has 2 N–H and O–H groups in total. The zero-order valence-electron chi connectivity index (χ0n) is 11.9. The molecule has 1 aliphatic carbocycles. The van der Waals surface area contributed by atoms with Gasteiger partial charge in [-0.1, -0.05) is 27.2 Å². The molecule has 4 atom stereocenters. The highest BCUT2D eigenvalue weighted by Gasteiger charge is 2.45. The van der Waals surface area contributed by atoms with Crippen LogP contribution in [0.3, 0.4) is 0 Å². The van der Waals surface area contributed by atoms with Gasteiger partial charge in [0.05, 0.1) is 0 Å². The van der Waals surface area contributed by atoms with Crippen molar-refractivity contribution in [2.24, 2.45) is 23.5 Å². The van der Waals surface area contributed by atoms with Crippen LogP contribution < -0.4 is 5.73 Å². The monoisotopic (exact) mass is 238 g/mol. The molecule has 1 saturated heterocycles. The molecule has 2 heteroatoms. The second-order valence-corrected chi connectivity index (χ2v) is 6.60. The summed E-state index contributed by atoms with van der Waals surface area (Å²) in [6, 6.07) is 0. The van der Waals surface area contributed by atoms with E-state index in [4.69, 9.17) is 5.73 Å².